The highest BCUT2D eigenvalue weighted by atomic mass is 16.6. The van der Waals surface area contributed by atoms with Gasteiger partial charge in [0.05, 0.1) is 0 Å². The summed E-state index contributed by atoms with van der Waals surface area (Å²) >= 11 is 0. The van der Waals surface area contributed by atoms with E-state index in [9.17, 15) is 9.59 Å². The summed E-state index contributed by atoms with van der Waals surface area (Å²) in [6.07, 6.45) is 1.98. The van der Waals surface area contributed by atoms with Crippen LogP contribution in [0.5, 0.6) is 11.5 Å². The van der Waals surface area contributed by atoms with E-state index in [0.29, 0.717) is 24.7 Å². The van der Waals surface area contributed by atoms with Crippen molar-refractivity contribution in [2.45, 2.75) is 39.7 Å². The largest absolute Gasteiger partial charge is 0.486 e. The molecule has 0 saturated heterocycles. The Labute approximate surface area is 176 Å². The van der Waals surface area contributed by atoms with E-state index in [2.05, 4.69) is 19.2 Å². The Kier molecular flexibility index (Phi) is 6.77. The zero-order valence-electron chi connectivity index (χ0n) is 17.7. The van der Waals surface area contributed by atoms with Gasteiger partial charge < -0.3 is 19.5 Å². The van der Waals surface area contributed by atoms with Crippen molar-refractivity contribution in [2.24, 2.45) is 0 Å². The van der Waals surface area contributed by atoms with Crippen LogP contribution in [-0.4, -0.2) is 31.2 Å². The summed E-state index contributed by atoms with van der Waals surface area (Å²) in [6.45, 7) is 8.64. The maximum absolute atomic E-state index is 12.6. The van der Waals surface area contributed by atoms with Crippen molar-refractivity contribution in [3.63, 3.8) is 0 Å². The molecule has 0 aliphatic carbocycles. The minimum atomic E-state index is -0.929. The summed E-state index contributed by atoms with van der Waals surface area (Å²) in [5.74, 6) is 0.618. The quantitative estimate of drug-likeness (QED) is 0.563. The van der Waals surface area contributed by atoms with Crippen molar-refractivity contribution in [1.82, 2.24) is 0 Å². The standard InChI is InChI=1S/C24H27NO5/c1-15(2)19-7-5-6-16(3)23(19)25-24(27)17(4)30-22(26)11-9-18-8-10-20-21(14-18)29-13-12-28-20/h5-11,14-15,17H,12-13H2,1-4H3,(H,25,27)/b11-9+/t17-/m0/s1. The molecule has 6 heteroatoms. The lowest BCUT2D eigenvalue weighted by Crippen LogP contribution is -2.30. The number of rotatable bonds is 6. The van der Waals surface area contributed by atoms with Crippen molar-refractivity contribution < 1.29 is 23.8 Å². The van der Waals surface area contributed by atoms with Crippen LogP contribution in [0.15, 0.2) is 42.5 Å². The molecule has 1 atom stereocenters. The van der Waals surface area contributed by atoms with Gasteiger partial charge in [0.15, 0.2) is 17.6 Å². The third-order valence-corrected chi connectivity index (χ3v) is 4.82. The van der Waals surface area contributed by atoms with E-state index >= 15 is 0 Å². The number of carbonyl (C=O) groups is 2. The summed E-state index contributed by atoms with van der Waals surface area (Å²) in [5, 5.41) is 2.90. The predicted molar refractivity (Wildman–Crippen MR) is 116 cm³/mol. The maximum atomic E-state index is 12.6. The number of carbonyl (C=O) groups excluding carboxylic acids is 2. The Morgan fingerprint density at radius 3 is 2.53 bits per heavy atom. The highest BCUT2D eigenvalue weighted by Crippen LogP contribution is 2.31. The third-order valence-electron chi connectivity index (χ3n) is 4.82. The highest BCUT2D eigenvalue weighted by molar-refractivity contribution is 5.97. The Bertz CT molecular complexity index is 964. The first-order chi connectivity index (χ1) is 14.3. The van der Waals surface area contributed by atoms with Gasteiger partial charge in [-0.25, -0.2) is 4.79 Å². The average Bonchev–Trinajstić information content (AvgIpc) is 2.73. The van der Waals surface area contributed by atoms with Crippen molar-refractivity contribution >= 4 is 23.6 Å². The molecule has 158 valence electrons. The molecule has 1 N–H and O–H groups in total. The van der Waals surface area contributed by atoms with Crippen LogP contribution in [0.1, 0.15) is 43.4 Å². The fraction of sp³-hybridized carbons (Fsp3) is 0.333. The molecule has 0 radical (unpaired) electrons. The van der Waals surface area contributed by atoms with Crippen molar-refractivity contribution in [3.05, 3.63) is 59.2 Å². The predicted octanol–water partition coefficient (Wildman–Crippen LogP) is 4.47. The fourth-order valence-corrected chi connectivity index (χ4v) is 3.16. The number of hydrogen-bond donors (Lipinski definition) is 1. The van der Waals surface area contributed by atoms with Crippen LogP contribution in [0.25, 0.3) is 6.08 Å². The summed E-state index contributed by atoms with van der Waals surface area (Å²) in [5.41, 5.74) is 3.55. The van der Waals surface area contributed by atoms with Crippen molar-refractivity contribution in [2.75, 3.05) is 18.5 Å². The van der Waals surface area contributed by atoms with Gasteiger partial charge in [0.2, 0.25) is 0 Å². The molecule has 0 bridgehead atoms. The topological polar surface area (TPSA) is 73.9 Å². The Morgan fingerprint density at radius 1 is 1.07 bits per heavy atom. The minimum absolute atomic E-state index is 0.256. The maximum Gasteiger partial charge on any atom is 0.331 e. The van der Waals surface area contributed by atoms with Gasteiger partial charge in [-0.05, 0) is 54.7 Å². The first-order valence-corrected chi connectivity index (χ1v) is 10.0. The van der Waals surface area contributed by atoms with Gasteiger partial charge in [-0.1, -0.05) is 38.1 Å². The molecule has 1 amide bonds. The van der Waals surface area contributed by atoms with Crippen LogP contribution in [0, 0.1) is 6.92 Å². The zero-order chi connectivity index (χ0) is 21.7. The zero-order valence-corrected chi connectivity index (χ0v) is 17.7. The number of para-hydroxylation sites is 1. The van der Waals surface area contributed by atoms with Crippen LogP contribution in [-0.2, 0) is 14.3 Å². The van der Waals surface area contributed by atoms with Gasteiger partial charge in [0.25, 0.3) is 5.91 Å². The van der Waals surface area contributed by atoms with Gasteiger partial charge >= 0.3 is 5.97 Å². The van der Waals surface area contributed by atoms with E-state index in [-0.39, 0.29) is 11.8 Å². The molecule has 2 aromatic rings. The molecule has 1 aliphatic heterocycles. The molecule has 0 spiro atoms. The van der Waals surface area contributed by atoms with E-state index < -0.39 is 12.1 Å². The number of nitrogens with one attached hydrogen (secondary N) is 1. The van der Waals surface area contributed by atoms with Crippen molar-refractivity contribution in [3.8, 4) is 11.5 Å². The normalized spacial score (nSPS) is 13.9. The summed E-state index contributed by atoms with van der Waals surface area (Å²) < 4.78 is 16.3. The number of aryl methyl sites for hydroxylation is 1. The number of hydrogen-bond acceptors (Lipinski definition) is 5. The molecule has 0 fully saturated rings. The van der Waals surface area contributed by atoms with E-state index in [4.69, 9.17) is 14.2 Å². The molecule has 1 heterocycles. The van der Waals surface area contributed by atoms with E-state index in [1.807, 2.05) is 31.2 Å². The molecule has 30 heavy (non-hydrogen) atoms. The Balaban J connectivity index is 1.60. The van der Waals surface area contributed by atoms with E-state index in [1.165, 1.54) is 6.08 Å². The third kappa shape index (κ3) is 5.20. The molecular weight excluding hydrogens is 382 g/mol. The average molecular weight is 409 g/mol. The number of fused-ring (bicyclic) bond motifs is 1. The molecule has 6 nitrogen and oxygen atoms in total. The number of benzene rings is 2. The van der Waals surface area contributed by atoms with Gasteiger partial charge in [-0.15, -0.1) is 0 Å². The molecule has 0 aromatic heterocycles. The number of amides is 1. The minimum Gasteiger partial charge on any atom is -0.486 e. The van der Waals surface area contributed by atoms with Crippen LogP contribution >= 0.6 is 0 Å². The first-order valence-electron chi connectivity index (χ1n) is 10.0. The molecule has 0 unspecified atom stereocenters. The lowest BCUT2D eigenvalue weighted by atomic mass is 9.98. The lowest BCUT2D eigenvalue weighted by molar-refractivity contribution is -0.148. The Morgan fingerprint density at radius 2 is 1.80 bits per heavy atom. The lowest BCUT2D eigenvalue weighted by Gasteiger charge is -2.19. The second kappa shape index (κ2) is 9.48. The van der Waals surface area contributed by atoms with Crippen LogP contribution < -0.4 is 14.8 Å². The smallest absolute Gasteiger partial charge is 0.331 e. The van der Waals surface area contributed by atoms with Gasteiger partial charge in [0.1, 0.15) is 13.2 Å². The molecule has 1 aliphatic rings. The summed E-state index contributed by atoms with van der Waals surface area (Å²) in [7, 11) is 0. The number of esters is 1. The molecule has 0 saturated carbocycles. The Hall–Kier alpha value is -3.28. The van der Waals surface area contributed by atoms with Crippen LogP contribution in [0.3, 0.4) is 0 Å². The van der Waals surface area contributed by atoms with Gasteiger partial charge in [0, 0.05) is 11.8 Å². The summed E-state index contributed by atoms with van der Waals surface area (Å²) in [4.78, 5) is 24.7. The second-order valence-corrected chi connectivity index (χ2v) is 7.50. The van der Waals surface area contributed by atoms with E-state index in [0.717, 1.165) is 22.4 Å². The van der Waals surface area contributed by atoms with Crippen molar-refractivity contribution in [1.29, 1.82) is 0 Å². The monoisotopic (exact) mass is 409 g/mol. The molecule has 3 rings (SSSR count). The van der Waals surface area contributed by atoms with Crippen LogP contribution in [0.2, 0.25) is 0 Å². The highest BCUT2D eigenvalue weighted by Gasteiger charge is 2.19. The molecular formula is C24H27NO5. The van der Waals surface area contributed by atoms with Gasteiger partial charge in [-0.2, -0.15) is 0 Å². The molecule has 2 aromatic carbocycles. The van der Waals surface area contributed by atoms with Crippen LogP contribution in [0.4, 0.5) is 5.69 Å². The van der Waals surface area contributed by atoms with E-state index in [1.54, 1.807) is 25.1 Å². The number of anilines is 1. The second-order valence-electron chi connectivity index (χ2n) is 7.50. The fourth-order valence-electron chi connectivity index (χ4n) is 3.16. The number of ether oxygens (including phenoxy) is 3. The SMILES string of the molecule is Cc1cccc(C(C)C)c1NC(=O)[C@H](C)OC(=O)/C=C/c1ccc2c(c1)OCCO2. The van der Waals surface area contributed by atoms with Gasteiger partial charge in [-0.3, -0.25) is 4.79 Å². The summed E-state index contributed by atoms with van der Waals surface area (Å²) in [6, 6.07) is 11.3. The first kappa shape index (κ1) is 21.4.